The molecule has 3 nitrogen and oxygen atoms in total. The molecular weight excluding hydrogens is 197 g/mol. The lowest BCUT2D eigenvalue weighted by Gasteiger charge is -2.16. The second-order valence-corrected chi connectivity index (χ2v) is 3.30. The van der Waals surface area contributed by atoms with Crippen molar-refractivity contribution >= 4 is 0 Å². The van der Waals surface area contributed by atoms with Crippen LogP contribution in [0.15, 0.2) is 18.2 Å². The first-order chi connectivity index (χ1) is 7.19. The minimum Gasteiger partial charge on any atom is -0.488 e. The zero-order valence-corrected chi connectivity index (χ0v) is 9.00. The Morgan fingerprint density at radius 3 is 2.80 bits per heavy atom. The van der Waals surface area contributed by atoms with E-state index in [9.17, 15) is 4.39 Å². The van der Waals surface area contributed by atoms with Crippen LogP contribution in [-0.2, 0) is 11.3 Å². The van der Waals surface area contributed by atoms with Crippen molar-refractivity contribution in [3.8, 4) is 5.75 Å². The fourth-order valence-corrected chi connectivity index (χ4v) is 1.33. The van der Waals surface area contributed by atoms with E-state index in [4.69, 9.17) is 15.2 Å². The first-order valence-corrected chi connectivity index (χ1v) is 4.82. The topological polar surface area (TPSA) is 44.5 Å². The maximum atomic E-state index is 13.3. The largest absolute Gasteiger partial charge is 0.488 e. The minimum atomic E-state index is -0.334. The standard InChI is InChI=1S/C11H16FNO2/c1-8(7-14-2)15-11-5-3-4-10(12)9(11)6-13/h3-5,8H,6-7,13H2,1-2H3. The number of ether oxygens (including phenoxy) is 2. The van der Waals surface area contributed by atoms with Crippen molar-refractivity contribution in [1.29, 1.82) is 0 Å². The smallest absolute Gasteiger partial charge is 0.131 e. The van der Waals surface area contributed by atoms with Gasteiger partial charge >= 0.3 is 0 Å². The van der Waals surface area contributed by atoms with Crippen molar-refractivity contribution < 1.29 is 13.9 Å². The summed E-state index contributed by atoms with van der Waals surface area (Å²) in [7, 11) is 1.59. The van der Waals surface area contributed by atoms with Crippen LogP contribution < -0.4 is 10.5 Å². The van der Waals surface area contributed by atoms with Crippen LogP contribution >= 0.6 is 0 Å². The highest BCUT2D eigenvalue weighted by Gasteiger charge is 2.10. The number of halogens is 1. The summed E-state index contributed by atoms with van der Waals surface area (Å²) in [5.41, 5.74) is 5.85. The summed E-state index contributed by atoms with van der Waals surface area (Å²) in [5, 5.41) is 0. The van der Waals surface area contributed by atoms with Crippen molar-refractivity contribution in [2.45, 2.75) is 19.6 Å². The molecule has 0 aromatic heterocycles. The summed E-state index contributed by atoms with van der Waals surface area (Å²) < 4.78 is 23.7. The SMILES string of the molecule is COCC(C)Oc1cccc(F)c1CN. The van der Waals surface area contributed by atoms with Crippen molar-refractivity contribution in [2.24, 2.45) is 5.73 Å². The van der Waals surface area contributed by atoms with Crippen LogP contribution in [-0.4, -0.2) is 19.8 Å². The molecule has 1 aromatic carbocycles. The molecule has 0 saturated carbocycles. The molecular formula is C11H16FNO2. The molecule has 1 aromatic rings. The Balaban J connectivity index is 2.80. The Hall–Kier alpha value is -1.13. The van der Waals surface area contributed by atoms with E-state index in [0.29, 0.717) is 17.9 Å². The number of nitrogens with two attached hydrogens (primary N) is 1. The Labute approximate surface area is 89.0 Å². The van der Waals surface area contributed by atoms with Crippen LogP contribution in [0.5, 0.6) is 5.75 Å². The Morgan fingerprint density at radius 1 is 1.47 bits per heavy atom. The van der Waals surface area contributed by atoms with Gasteiger partial charge in [0.15, 0.2) is 0 Å². The van der Waals surface area contributed by atoms with Crippen LogP contribution in [0.25, 0.3) is 0 Å². The number of rotatable bonds is 5. The molecule has 1 atom stereocenters. The third-order valence-electron chi connectivity index (χ3n) is 2.01. The first-order valence-electron chi connectivity index (χ1n) is 4.82. The van der Waals surface area contributed by atoms with Crippen molar-refractivity contribution in [1.82, 2.24) is 0 Å². The minimum absolute atomic E-state index is 0.123. The zero-order valence-electron chi connectivity index (χ0n) is 9.00. The van der Waals surface area contributed by atoms with E-state index in [2.05, 4.69) is 0 Å². The molecule has 0 aliphatic heterocycles. The maximum absolute atomic E-state index is 13.3. The number of methoxy groups -OCH3 is 1. The summed E-state index contributed by atoms with van der Waals surface area (Å²) in [5.74, 6) is 0.154. The van der Waals surface area contributed by atoms with Gasteiger partial charge in [-0.1, -0.05) is 6.07 Å². The predicted molar refractivity (Wildman–Crippen MR) is 56.3 cm³/mol. The highest BCUT2D eigenvalue weighted by Crippen LogP contribution is 2.21. The normalized spacial score (nSPS) is 12.5. The lowest BCUT2D eigenvalue weighted by atomic mass is 10.2. The summed E-state index contributed by atoms with van der Waals surface area (Å²) >= 11 is 0. The molecule has 0 aliphatic carbocycles. The molecule has 4 heteroatoms. The number of hydrogen-bond donors (Lipinski definition) is 1. The van der Waals surface area contributed by atoms with E-state index in [1.165, 1.54) is 6.07 Å². The molecule has 15 heavy (non-hydrogen) atoms. The molecule has 0 aliphatic rings. The maximum Gasteiger partial charge on any atom is 0.131 e. The first kappa shape index (κ1) is 11.9. The van der Waals surface area contributed by atoms with Gasteiger partial charge in [-0.25, -0.2) is 4.39 Å². The summed E-state index contributed by atoms with van der Waals surface area (Å²) in [6, 6.07) is 4.68. The molecule has 0 amide bonds. The quantitative estimate of drug-likeness (QED) is 0.809. The average molecular weight is 213 g/mol. The third-order valence-corrected chi connectivity index (χ3v) is 2.01. The van der Waals surface area contributed by atoms with Gasteiger partial charge in [-0.15, -0.1) is 0 Å². The van der Waals surface area contributed by atoms with Gasteiger partial charge in [0.05, 0.1) is 6.61 Å². The van der Waals surface area contributed by atoms with E-state index in [0.717, 1.165) is 0 Å². The van der Waals surface area contributed by atoms with Crippen molar-refractivity contribution in [3.63, 3.8) is 0 Å². The molecule has 84 valence electrons. The van der Waals surface area contributed by atoms with Crippen LogP contribution in [0, 0.1) is 5.82 Å². The Bertz CT molecular complexity index is 317. The monoisotopic (exact) mass is 213 g/mol. The third kappa shape index (κ3) is 3.18. The highest BCUT2D eigenvalue weighted by atomic mass is 19.1. The summed E-state index contributed by atoms with van der Waals surface area (Å²) in [6.45, 7) is 2.44. The molecule has 0 fully saturated rings. The summed E-state index contributed by atoms with van der Waals surface area (Å²) in [4.78, 5) is 0. The molecule has 0 radical (unpaired) electrons. The zero-order chi connectivity index (χ0) is 11.3. The molecule has 0 saturated heterocycles. The van der Waals surface area contributed by atoms with Gasteiger partial charge in [0, 0.05) is 19.2 Å². The van der Waals surface area contributed by atoms with E-state index in [1.54, 1.807) is 19.2 Å². The second-order valence-electron chi connectivity index (χ2n) is 3.30. The molecule has 0 heterocycles. The lowest BCUT2D eigenvalue weighted by Crippen LogP contribution is -2.19. The molecule has 2 N–H and O–H groups in total. The van der Waals surface area contributed by atoms with Crippen LogP contribution in [0.4, 0.5) is 4.39 Å². The van der Waals surface area contributed by atoms with Gasteiger partial charge in [0.2, 0.25) is 0 Å². The van der Waals surface area contributed by atoms with E-state index in [1.807, 2.05) is 6.92 Å². The van der Waals surface area contributed by atoms with E-state index >= 15 is 0 Å². The van der Waals surface area contributed by atoms with Gasteiger partial charge in [-0.05, 0) is 19.1 Å². The van der Waals surface area contributed by atoms with Crippen molar-refractivity contribution in [3.05, 3.63) is 29.6 Å². The van der Waals surface area contributed by atoms with Crippen molar-refractivity contribution in [2.75, 3.05) is 13.7 Å². The van der Waals surface area contributed by atoms with Gasteiger partial charge < -0.3 is 15.2 Å². The molecule has 1 rings (SSSR count). The fourth-order valence-electron chi connectivity index (χ4n) is 1.33. The molecule has 0 spiro atoms. The van der Waals surface area contributed by atoms with Gasteiger partial charge in [0.25, 0.3) is 0 Å². The highest BCUT2D eigenvalue weighted by molar-refractivity contribution is 5.34. The fraction of sp³-hybridized carbons (Fsp3) is 0.455. The van der Waals surface area contributed by atoms with E-state index < -0.39 is 0 Å². The average Bonchev–Trinajstić information content (AvgIpc) is 2.18. The van der Waals surface area contributed by atoms with Gasteiger partial charge in [0.1, 0.15) is 17.7 Å². The number of hydrogen-bond acceptors (Lipinski definition) is 3. The van der Waals surface area contributed by atoms with Crippen LogP contribution in [0.3, 0.4) is 0 Å². The molecule has 0 bridgehead atoms. The lowest BCUT2D eigenvalue weighted by molar-refractivity contribution is 0.0911. The van der Waals surface area contributed by atoms with Gasteiger partial charge in [-0.2, -0.15) is 0 Å². The molecule has 1 unspecified atom stereocenters. The van der Waals surface area contributed by atoms with Gasteiger partial charge in [-0.3, -0.25) is 0 Å². The Morgan fingerprint density at radius 2 is 2.20 bits per heavy atom. The summed E-state index contributed by atoms with van der Waals surface area (Å²) in [6.07, 6.45) is -0.123. The number of benzene rings is 1. The predicted octanol–water partition coefficient (Wildman–Crippen LogP) is 1.70. The van der Waals surface area contributed by atoms with E-state index in [-0.39, 0.29) is 18.5 Å². The Kier molecular flexibility index (Phi) is 4.52. The second kappa shape index (κ2) is 5.68. The van der Waals surface area contributed by atoms with Crippen LogP contribution in [0.1, 0.15) is 12.5 Å². The van der Waals surface area contributed by atoms with Crippen LogP contribution in [0.2, 0.25) is 0 Å².